The average Bonchev–Trinajstić information content (AvgIpc) is 3.09. The Hall–Kier alpha value is -1.86. The standard InChI is InChI=1S/C26H41NO5Si/c1-7-26(22(28)29)18-25(15-13-21(14-16-25)32-33(5,6)24(2,3)4)19-27(26)23(30)31-17-20-11-9-8-10-12-20/h8-12,21H,7,13-19H2,1-6H3,(H,28,29). The normalized spacial score (nSPS) is 28.2. The minimum atomic E-state index is -1.85. The molecule has 0 bridgehead atoms. The van der Waals surface area contributed by atoms with Gasteiger partial charge in [0.15, 0.2) is 8.32 Å². The molecule has 1 heterocycles. The Morgan fingerprint density at radius 2 is 1.76 bits per heavy atom. The molecule has 7 heteroatoms. The van der Waals surface area contributed by atoms with E-state index in [4.69, 9.17) is 9.16 Å². The molecular formula is C26H41NO5Si. The number of carboxylic acids is 1. The Kier molecular flexibility index (Phi) is 7.35. The number of hydrogen-bond acceptors (Lipinski definition) is 4. The summed E-state index contributed by atoms with van der Waals surface area (Å²) in [5.41, 5.74) is -0.505. The lowest BCUT2D eigenvalue weighted by Gasteiger charge is -2.43. The van der Waals surface area contributed by atoms with Gasteiger partial charge in [-0.1, -0.05) is 58.0 Å². The monoisotopic (exact) mass is 475 g/mol. The van der Waals surface area contributed by atoms with Crippen LogP contribution >= 0.6 is 0 Å². The number of nitrogens with zero attached hydrogens (tertiary/aromatic N) is 1. The Bertz CT molecular complexity index is 842. The molecule has 2 fully saturated rings. The van der Waals surface area contributed by atoms with Gasteiger partial charge < -0.3 is 14.3 Å². The van der Waals surface area contributed by atoms with E-state index in [1.165, 1.54) is 4.90 Å². The highest BCUT2D eigenvalue weighted by Crippen LogP contribution is 2.53. The zero-order valence-corrected chi connectivity index (χ0v) is 22.1. The van der Waals surface area contributed by atoms with Gasteiger partial charge in [0.05, 0.1) is 0 Å². The van der Waals surface area contributed by atoms with E-state index >= 15 is 0 Å². The fourth-order valence-electron chi connectivity index (χ4n) is 5.20. The second-order valence-corrected chi connectivity index (χ2v) is 16.3. The molecule has 1 aliphatic heterocycles. The van der Waals surface area contributed by atoms with Gasteiger partial charge in [-0.2, -0.15) is 0 Å². The van der Waals surface area contributed by atoms with E-state index in [1.54, 1.807) is 0 Å². The zero-order valence-electron chi connectivity index (χ0n) is 21.1. The molecule has 0 aromatic heterocycles. The summed E-state index contributed by atoms with van der Waals surface area (Å²) in [5, 5.41) is 10.4. The van der Waals surface area contributed by atoms with E-state index in [9.17, 15) is 14.7 Å². The minimum Gasteiger partial charge on any atom is -0.479 e. The van der Waals surface area contributed by atoms with Crippen molar-refractivity contribution in [2.45, 2.75) is 103 Å². The summed E-state index contributed by atoms with van der Waals surface area (Å²) in [6.45, 7) is 13.8. The van der Waals surface area contributed by atoms with Crippen molar-refractivity contribution in [2.24, 2.45) is 5.41 Å². The van der Waals surface area contributed by atoms with E-state index in [0.29, 0.717) is 19.4 Å². The number of aliphatic carboxylic acids is 1. The predicted octanol–water partition coefficient (Wildman–Crippen LogP) is 6.21. The van der Waals surface area contributed by atoms with Crippen LogP contribution in [0.25, 0.3) is 0 Å². The molecule has 1 unspecified atom stereocenters. The summed E-state index contributed by atoms with van der Waals surface area (Å²) < 4.78 is 12.2. The molecule has 0 radical (unpaired) electrons. The van der Waals surface area contributed by atoms with E-state index < -0.39 is 25.9 Å². The van der Waals surface area contributed by atoms with Crippen LogP contribution in [0.3, 0.4) is 0 Å². The van der Waals surface area contributed by atoms with Crippen LogP contribution in [0, 0.1) is 5.41 Å². The van der Waals surface area contributed by atoms with Gasteiger partial charge in [-0.15, -0.1) is 0 Å². The van der Waals surface area contributed by atoms with Crippen LogP contribution in [0.1, 0.15) is 71.8 Å². The van der Waals surface area contributed by atoms with Gasteiger partial charge in [0.25, 0.3) is 0 Å². The number of carbonyl (C=O) groups excluding carboxylic acids is 1. The van der Waals surface area contributed by atoms with Crippen LogP contribution in [-0.2, 0) is 20.6 Å². The number of carbonyl (C=O) groups is 2. The third kappa shape index (κ3) is 5.29. The molecule has 1 atom stereocenters. The molecule has 33 heavy (non-hydrogen) atoms. The first-order valence-corrected chi connectivity index (χ1v) is 15.1. The second kappa shape index (κ2) is 9.41. The number of rotatable bonds is 6. The van der Waals surface area contributed by atoms with E-state index in [-0.39, 0.29) is 23.2 Å². The van der Waals surface area contributed by atoms with E-state index in [2.05, 4.69) is 33.9 Å². The lowest BCUT2D eigenvalue weighted by molar-refractivity contribution is -0.149. The molecule has 184 valence electrons. The van der Waals surface area contributed by atoms with Crippen molar-refractivity contribution in [3.05, 3.63) is 35.9 Å². The maximum atomic E-state index is 13.1. The first-order chi connectivity index (χ1) is 15.3. The number of likely N-dealkylation sites (tertiary alicyclic amines) is 1. The quantitative estimate of drug-likeness (QED) is 0.495. The van der Waals surface area contributed by atoms with Crippen LogP contribution in [0.5, 0.6) is 0 Å². The van der Waals surface area contributed by atoms with Gasteiger partial charge in [-0.3, -0.25) is 4.90 Å². The molecule has 1 aromatic rings. The van der Waals surface area contributed by atoms with Crippen molar-refractivity contribution in [1.82, 2.24) is 4.90 Å². The van der Waals surface area contributed by atoms with Crippen molar-refractivity contribution in [2.75, 3.05) is 6.54 Å². The fourth-order valence-corrected chi connectivity index (χ4v) is 6.63. The SMILES string of the molecule is CCC1(C(=O)O)CC2(CCC(O[Si](C)(C)C(C)(C)C)CC2)CN1C(=O)OCc1ccccc1. The summed E-state index contributed by atoms with van der Waals surface area (Å²) in [6, 6.07) is 9.49. The topological polar surface area (TPSA) is 76.1 Å². The average molecular weight is 476 g/mol. The maximum Gasteiger partial charge on any atom is 0.411 e. The molecule has 1 amide bonds. The minimum absolute atomic E-state index is 0.144. The van der Waals surface area contributed by atoms with Gasteiger partial charge in [-0.05, 0) is 67.6 Å². The maximum absolute atomic E-state index is 13.1. The van der Waals surface area contributed by atoms with E-state index in [0.717, 1.165) is 31.2 Å². The van der Waals surface area contributed by atoms with Gasteiger partial charge in [0, 0.05) is 12.6 Å². The predicted molar refractivity (Wildman–Crippen MR) is 132 cm³/mol. The van der Waals surface area contributed by atoms with Crippen LogP contribution in [0.15, 0.2) is 30.3 Å². The highest BCUT2D eigenvalue weighted by molar-refractivity contribution is 6.74. The Morgan fingerprint density at radius 3 is 2.27 bits per heavy atom. The Balaban J connectivity index is 1.71. The van der Waals surface area contributed by atoms with Crippen LogP contribution in [0.4, 0.5) is 4.79 Å². The van der Waals surface area contributed by atoms with Crippen LogP contribution < -0.4 is 0 Å². The summed E-state index contributed by atoms with van der Waals surface area (Å²) in [7, 11) is -1.85. The van der Waals surface area contributed by atoms with Crippen molar-refractivity contribution in [3.8, 4) is 0 Å². The highest BCUT2D eigenvalue weighted by atomic mass is 28.4. The van der Waals surface area contributed by atoms with Gasteiger partial charge in [0.2, 0.25) is 0 Å². The summed E-state index contributed by atoms with van der Waals surface area (Å²) in [4.78, 5) is 27.1. The van der Waals surface area contributed by atoms with Crippen LogP contribution in [0.2, 0.25) is 18.1 Å². The Labute approximate surface area is 199 Å². The molecule has 2 aliphatic rings. The number of carboxylic acid groups (broad SMARTS) is 1. The van der Waals surface area contributed by atoms with Gasteiger partial charge >= 0.3 is 12.1 Å². The van der Waals surface area contributed by atoms with Crippen molar-refractivity contribution in [1.29, 1.82) is 0 Å². The number of ether oxygens (including phenoxy) is 1. The van der Waals surface area contributed by atoms with Crippen molar-refractivity contribution >= 4 is 20.4 Å². The smallest absolute Gasteiger partial charge is 0.411 e. The molecule has 1 N–H and O–H groups in total. The molecule has 3 rings (SSSR count). The number of amides is 1. The third-order valence-electron chi connectivity index (χ3n) is 8.35. The second-order valence-electron chi connectivity index (χ2n) is 11.6. The van der Waals surface area contributed by atoms with Gasteiger partial charge in [-0.25, -0.2) is 9.59 Å². The first kappa shape index (κ1) is 25.8. The molecule has 6 nitrogen and oxygen atoms in total. The molecular weight excluding hydrogens is 434 g/mol. The lowest BCUT2D eigenvalue weighted by atomic mass is 9.69. The molecule has 1 aromatic carbocycles. The first-order valence-electron chi connectivity index (χ1n) is 12.2. The lowest BCUT2D eigenvalue weighted by Crippen LogP contribution is -2.52. The van der Waals surface area contributed by atoms with E-state index in [1.807, 2.05) is 37.3 Å². The number of hydrogen-bond donors (Lipinski definition) is 1. The highest BCUT2D eigenvalue weighted by Gasteiger charge is 2.59. The summed E-state index contributed by atoms with van der Waals surface area (Å²) >= 11 is 0. The summed E-state index contributed by atoms with van der Waals surface area (Å²) in [5.74, 6) is -0.932. The van der Waals surface area contributed by atoms with Crippen molar-refractivity contribution < 1.29 is 23.9 Å². The largest absolute Gasteiger partial charge is 0.479 e. The van der Waals surface area contributed by atoms with Gasteiger partial charge in [0.1, 0.15) is 12.1 Å². The Morgan fingerprint density at radius 1 is 1.15 bits per heavy atom. The fraction of sp³-hybridized carbons (Fsp3) is 0.692. The number of benzene rings is 1. The zero-order chi connectivity index (χ0) is 24.5. The summed E-state index contributed by atoms with van der Waals surface area (Å²) in [6.07, 6.45) is 4.13. The van der Waals surface area contributed by atoms with Crippen molar-refractivity contribution in [3.63, 3.8) is 0 Å². The van der Waals surface area contributed by atoms with Crippen LogP contribution in [-0.4, -0.2) is 48.6 Å². The molecule has 1 spiro atoms. The molecule has 1 saturated carbocycles. The third-order valence-corrected chi connectivity index (χ3v) is 12.9. The molecule has 1 aliphatic carbocycles. The molecule has 1 saturated heterocycles.